The van der Waals surface area contributed by atoms with E-state index < -0.39 is 0 Å². The topological polar surface area (TPSA) is 29.1 Å². The molecule has 1 amide bonds. The van der Waals surface area contributed by atoms with E-state index in [9.17, 15) is 4.79 Å². The number of amides is 1. The van der Waals surface area contributed by atoms with Crippen molar-refractivity contribution in [3.8, 4) is 0 Å². The summed E-state index contributed by atoms with van der Waals surface area (Å²) in [6, 6.07) is 10.2. The number of nitrogens with one attached hydrogen (secondary N) is 1. The molecule has 112 valence electrons. The number of hydrogen-bond acceptors (Lipinski definition) is 1. The van der Waals surface area contributed by atoms with E-state index in [-0.39, 0.29) is 17.4 Å². The zero-order chi connectivity index (χ0) is 14.4. The Morgan fingerprint density at radius 3 is 2.10 bits per heavy atom. The molecule has 4 aliphatic carbocycles. The lowest BCUT2D eigenvalue weighted by atomic mass is 9.53. The highest BCUT2D eigenvalue weighted by Crippen LogP contribution is 2.55. The van der Waals surface area contributed by atoms with E-state index >= 15 is 0 Å². The van der Waals surface area contributed by atoms with E-state index in [0.29, 0.717) is 0 Å². The molecular weight excluding hydrogens is 258 g/mol. The normalized spacial score (nSPS) is 38.2. The van der Waals surface area contributed by atoms with Crippen LogP contribution in [0.2, 0.25) is 0 Å². The van der Waals surface area contributed by atoms with Gasteiger partial charge in [-0.2, -0.15) is 0 Å². The molecule has 0 aromatic heterocycles. The van der Waals surface area contributed by atoms with Gasteiger partial charge >= 0.3 is 0 Å². The maximum absolute atomic E-state index is 12.7. The summed E-state index contributed by atoms with van der Waals surface area (Å²) >= 11 is 0. The second-order valence-electron chi connectivity index (χ2n) is 7.82. The van der Waals surface area contributed by atoms with Gasteiger partial charge in [0.05, 0.1) is 5.92 Å². The molecule has 2 heteroatoms. The first-order chi connectivity index (χ1) is 10.1. The van der Waals surface area contributed by atoms with Gasteiger partial charge in [0.25, 0.3) is 0 Å². The molecule has 0 radical (unpaired) electrons. The van der Waals surface area contributed by atoms with Crippen LogP contribution < -0.4 is 5.32 Å². The van der Waals surface area contributed by atoms with Crippen LogP contribution in [0, 0.1) is 17.8 Å². The number of carbonyl (C=O) groups is 1. The number of benzene rings is 1. The van der Waals surface area contributed by atoms with Crippen LogP contribution in [0.5, 0.6) is 0 Å². The van der Waals surface area contributed by atoms with Crippen molar-refractivity contribution in [2.45, 2.75) is 56.9 Å². The van der Waals surface area contributed by atoms with Crippen molar-refractivity contribution >= 4 is 5.91 Å². The maximum atomic E-state index is 12.7. The summed E-state index contributed by atoms with van der Waals surface area (Å²) < 4.78 is 0. The van der Waals surface area contributed by atoms with Crippen LogP contribution in [0.4, 0.5) is 0 Å². The molecule has 0 saturated heterocycles. The fourth-order valence-corrected chi connectivity index (χ4v) is 5.53. The fraction of sp³-hybridized carbons (Fsp3) is 0.632. The van der Waals surface area contributed by atoms with Crippen LogP contribution in [-0.2, 0) is 4.79 Å². The summed E-state index contributed by atoms with van der Waals surface area (Å²) in [5, 5.41) is 3.48. The highest BCUT2D eigenvalue weighted by atomic mass is 16.2. The van der Waals surface area contributed by atoms with Gasteiger partial charge in [0.15, 0.2) is 0 Å². The van der Waals surface area contributed by atoms with Crippen LogP contribution in [-0.4, -0.2) is 11.4 Å². The van der Waals surface area contributed by atoms with Crippen molar-refractivity contribution in [2.24, 2.45) is 17.8 Å². The lowest BCUT2D eigenvalue weighted by molar-refractivity contribution is -0.128. The predicted octanol–water partition coefficient (Wildman–Crippen LogP) is 3.88. The molecule has 1 atom stereocenters. The van der Waals surface area contributed by atoms with Crippen LogP contribution in [0.25, 0.3) is 0 Å². The Morgan fingerprint density at radius 2 is 1.57 bits per heavy atom. The Morgan fingerprint density at radius 1 is 1.05 bits per heavy atom. The molecule has 4 aliphatic rings. The Labute approximate surface area is 127 Å². The standard InChI is InChI=1S/C19H25NO/c1-13(17-5-3-2-4-6-17)18(21)20-19-10-14-7-15(11-19)9-16(8-14)12-19/h2-6,13-16H,7-12H2,1H3,(H,20,21)/t13-,14?,15?,16?,19?/m1/s1. The molecule has 21 heavy (non-hydrogen) atoms. The van der Waals surface area contributed by atoms with E-state index in [1.807, 2.05) is 25.1 Å². The van der Waals surface area contributed by atoms with Crippen molar-refractivity contribution in [3.63, 3.8) is 0 Å². The Balaban J connectivity index is 1.49. The molecule has 4 saturated carbocycles. The highest BCUT2D eigenvalue weighted by molar-refractivity contribution is 5.84. The summed E-state index contributed by atoms with van der Waals surface area (Å²) in [5.41, 5.74) is 1.26. The molecule has 5 rings (SSSR count). The summed E-state index contributed by atoms with van der Waals surface area (Å²) in [6.07, 6.45) is 7.95. The van der Waals surface area contributed by atoms with Gasteiger partial charge in [-0.25, -0.2) is 0 Å². The molecule has 4 fully saturated rings. The quantitative estimate of drug-likeness (QED) is 0.896. The minimum absolute atomic E-state index is 0.0424. The van der Waals surface area contributed by atoms with E-state index in [1.165, 1.54) is 38.5 Å². The van der Waals surface area contributed by atoms with Gasteiger partial charge in [-0.3, -0.25) is 4.79 Å². The second kappa shape index (κ2) is 4.86. The number of rotatable bonds is 3. The van der Waals surface area contributed by atoms with E-state index in [0.717, 1.165) is 23.3 Å². The predicted molar refractivity (Wildman–Crippen MR) is 83.9 cm³/mol. The summed E-state index contributed by atoms with van der Waals surface area (Å²) in [5.74, 6) is 2.82. The first-order valence-corrected chi connectivity index (χ1v) is 8.50. The summed E-state index contributed by atoms with van der Waals surface area (Å²) in [4.78, 5) is 12.7. The number of carbonyl (C=O) groups excluding carboxylic acids is 1. The van der Waals surface area contributed by atoms with E-state index in [4.69, 9.17) is 0 Å². The smallest absolute Gasteiger partial charge is 0.227 e. The first-order valence-electron chi connectivity index (χ1n) is 8.50. The minimum Gasteiger partial charge on any atom is -0.350 e. The molecule has 1 aromatic carbocycles. The van der Waals surface area contributed by atoms with Crippen LogP contribution in [0.3, 0.4) is 0 Å². The van der Waals surface area contributed by atoms with Gasteiger partial charge < -0.3 is 5.32 Å². The molecule has 0 spiro atoms. The van der Waals surface area contributed by atoms with Crippen molar-refractivity contribution in [3.05, 3.63) is 35.9 Å². The average molecular weight is 283 g/mol. The maximum Gasteiger partial charge on any atom is 0.227 e. The Kier molecular flexibility index (Phi) is 3.09. The van der Waals surface area contributed by atoms with Gasteiger partial charge in [0.2, 0.25) is 5.91 Å². The molecular formula is C19H25NO. The Bertz CT molecular complexity index is 500. The lowest BCUT2D eigenvalue weighted by Gasteiger charge is -2.57. The van der Waals surface area contributed by atoms with Crippen molar-refractivity contribution in [2.75, 3.05) is 0 Å². The van der Waals surface area contributed by atoms with Gasteiger partial charge in [-0.05, 0) is 68.8 Å². The van der Waals surface area contributed by atoms with Crippen molar-refractivity contribution in [1.29, 1.82) is 0 Å². The first kappa shape index (κ1) is 13.4. The number of hydrogen-bond donors (Lipinski definition) is 1. The Hall–Kier alpha value is -1.31. The van der Waals surface area contributed by atoms with Gasteiger partial charge in [0, 0.05) is 5.54 Å². The zero-order valence-corrected chi connectivity index (χ0v) is 12.8. The summed E-state index contributed by atoms with van der Waals surface area (Å²) in [6.45, 7) is 2.03. The molecule has 0 aliphatic heterocycles. The third-order valence-electron chi connectivity index (χ3n) is 6.12. The average Bonchev–Trinajstić information content (AvgIpc) is 2.45. The van der Waals surface area contributed by atoms with E-state index in [1.54, 1.807) is 0 Å². The molecule has 0 unspecified atom stereocenters. The molecule has 4 bridgehead atoms. The third-order valence-corrected chi connectivity index (χ3v) is 6.12. The SMILES string of the molecule is C[C@@H](C(=O)NC12CC3CC(CC(C3)C1)C2)c1ccccc1. The molecule has 2 nitrogen and oxygen atoms in total. The second-order valence-corrected chi connectivity index (χ2v) is 7.82. The highest BCUT2D eigenvalue weighted by Gasteiger charge is 2.51. The minimum atomic E-state index is -0.0424. The van der Waals surface area contributed by atoms with Crippen LogP contribution in [0.1, 0.15) is 56.9 Å². The van der Waals surface area contributed by atoms with E-state index in [2.05, 4.69) is 17.4 Å². The van der Waals surface area contributed by atoms with Crippen LogP contribution in [0.15, 0.2) is 30.3 Å². The van der Waals surface area contributed by atoms with Crippen molar-refractivity contribution in [1.82, 2.24) is 5.32 Å². The third kappa shape index (κ3) is 2.39. The summed E-state index contributed by atoms with van der Waals surface area (Å²) in [7, 11) is 0. The largest absolute Gasteiger partial charge is 0.350 e. The van der Waals surface area contributed by atoms with Gasteiger partial charge in [-0.1, -0.05) is 30.3 Å². The zero-order valence-electron chi connectivity index (χ0n) is 12.8. The van der Waals surface area contributed by atoms with Gasteiger partial charge in [-0.15, -0.1) is 0 Å². The monoisotopic (exact) mass is 283 g/mol. The fourth-order valence-electron chi connectivity index (χ4n) is 5.53. The lowest BCUT2D eigenvalue weighted by Crippen LogP contribution is -2.60. The molecule has 1 N–H and O–H groups in total. The van der Waals surface area contributed by atoms with Crippen LogP contribution >= 0.6 is 0 Å². The molecule has 1 aromatic rings. The van der Waals surface area contributed by atoms with Crippen molar-refractivity contribution < 1.29 is 4.79 Å². The van der Waals surface area contributed by atoms with Gasteiger partial charge in [0.1, 0.15) is 0 Å². The molecule has 0 heterocycles.